The molecule has 2 aromatic rings. The third-order valence-electron chi connectivity index (χ3n) is 3.82. The first-order valence-electron chi connectivity index (χ1n) is 8.37. The van der Waals surface area contributed by atoms with Crippen molar-refractivity contribution in [2.45, 2.75) is 31.9 Å². The van der Waals surface area contributed by atoms with E-state index >= 15 is 0 Å². The van der Waals surface area contributed by atoms with Gasteiger partial charge in [0.2, 0.25) is 0 Å². The number of thiazole rings is 1. The maximum atomic E-state index is 11.8. The van der Waals surface area contributed by atoms with Crippen molar-refractivity contribution in [3.63, 3.8) is 0 Å². The molecule has 2 N–H and O–H groups in total. The summed E-state index contributed by atoms with van der Waals surface area (Å²) in [6.45, 7) is 3.18. The lowest BCUT2D eigenvalue weighted by molar-refractivity contribution is 0.0168. The van der Waals surface area contributed by atoms with E-state index < -0.39 is 0 Å². The lowest BCUT2D eigenvalue weighted by Crippen LogP contribution is -2.35. The highest BCUT2D eigenvalue weighted by molar-refractivity contribution is 7.18. The fraction of sp³-hybridized carbons (Fsp3) is 0.529. The number of carbonyl (C=O) groups excluding carboxylic acids is 1. The van der Waals surface area contributed by atoms with Gasteiger partial charge in [-0.2, -0.15) is 0 Å². The molecule has 0 aliphatic carbocycles. The molecule has 1 aliphatic heterocycles. The SMILES string of the molecule is O=C(NCCCOC[C@@H]1CCCO1)NCc1nc2ccccc2s1. The third-order valence-corrected chi connectivity index (χ3v) is 4.85. The van der Waals surface area contributed by atoms with Crippen molar-refractivity contribution in [3.8, 4) is 0 Å². The standard InChI is InChI=1S/C17H23N3O3S/c21-17(18-8-4-9-22-12-13-5-3-10-23-13)19-11-16-20-14-6-1-2-7-15(14)24-16/h1-2,6-7,13H,3-5,8-12H2,(H2,18,19,21)/t13-/m0/s1. The number of nitrogens with zero attached hydrogens (tertiary/aromatic N) is 1. The van der Waals surface area contributed by atoms with E-state index in [1.165, 1.54) is 0 Å². The van der Waals surface area contributed by atoms with E-state index in [-0.39, 0.29) is 12.1 Å². The van der Waals surface area contributed by atoms with Crippen LogP contribution in [0.2, 0.25) is 0 Å². The fourth-order valence-electron chi connectivity index (χ4n) is 2.58. The van der Waals surface area contributed by atoms with Gasteiger partial charge in [-0.05, 0) is 31.4 Å². The Bertz CT molecular complexity index is 622. The molecule has 0 saturated carbocycles. The molecule has 0 unspecified atom stereocenters. The second-order valence-electron chi connectivity index (χ2n) is 5.75. The van der Waals surface area contributed by atoms with Crippen LogP contribution in [0, 0.1) is 0 Å². The molecule has 0 radical (unpaired) electrons. The Labute approximate surface area is 145 Å². The van der Waals surface area contributed by atoms with E-state index in [0.717, 1.165) is 41.1 Å². The zero-order valence-corrected chi connectivity index (χ0v) is 14.4. The molecule has 0 spiro atoms. The topological polar surface area (TPSA) is 72.5 Å². The summed E-state index contributed by atoms with van der Waals surface area (Å²) in [6, 6.07) is 7.80. The van der Waals surface area contributed by atoms with Gasteiger partial charge in [-0.1, -0.05) is 12.1 Å². The van der Waals surface area contributed by atoms with E-state index in [9.17, 15) is 4.79 Å². The normalized spacial score (nSPS) is 17.2. The highest BCUT2D eigenvalue weighted by Gasteiger charge is 2.14. The minimum absolute atomic E-state index is 0.173. The van der Waals surface area contributed by atoms with Crippen LogP contribution in [0.25, 0.3) is 10.2 Å². The zero-order chi connectivity index (χ0) is 16.6. The smallest absolute Gasteiger partial charge is 0.315 e. The third kappa shape index (κ3) is 5.15. The molecule has 1 aromatic carbocycles. The maximum Gasteiger partial charge on any atom is 0.315 e. The monoisotopic (exact) mass is 349 g/mol. The summed E-state index contributed by atoms with van der Waals surface area (Å²) >= 11 is 1.60. The van der Waals surface area contributed by atoms with E-state index in [1.54, 1.807) is 11.3 Å². The molecule has 24 heavy (non-hydrogen) atoms. The van der Waals surface area contributed by atoms with Gasteiger partial charge in [0, 0.05) is 19.8 Å². The number of rotatable bonds is 8. The molecule has 2 amide bonds. The largest absolute Gasteiger partial charge is 0.379 e. The number of para-hydroxylation sites is 1. The summed E-state index contributed by atoms with van der Waals surface area (Å²) in [4.78, 5) is 16.3. The Kier molecular flexibility index (Phi) is 6.40. The number of carbonyl (C=O) groups is 1. The van der Waals surface area contributed by atoms with Crippen LogP contribution in [0.15, 0.2) is 24.3 Å². The molecule has 130 valence electrons. The first-order chi connectivity index (χ1) is 11.8. The van der Waals surface area contributed by atoms with Crippen LogP contribution in [0.5, 0.6) is 0 Å². The van der Waals surface area contributed by atoms with Crippen molar-refractivity contribution in [1.82, 2.24) is 15.6 Å². The number of hydrogen-bond acceptors (Lipinski definition) is 5. The summed E-state index contributed by atoms with van der Waals surface area (Å²) < 4.78 is 12.2. The molecular formula is C17H23N3O3S. The lowest BCUT2D eigenvalue weighted by atomic mass is 10.2. The van der Waals surface area contributed by atoms with Crippen molar-refractivity contribution >= 4 is 27.6 Å². The number of hydrogen-bond donors (Lipinski definition) is 2. The van der Waals surface area contributed by atoms with Crippen molar-refractivity contribution in [2.24, 2.45) is 0 Å². The number of nitrogens with one attached hydrogen (secondary N) is 2. The average molecular weight is 349 g/mol. The van der Waals surface area contributed by atoms with E-state index in [0.29, 0.717) is 26.3 Å². The molecule has 0 bridgehead atoms. The Balaban J connectivity index is 1.25. The first kappa shape index (κ1) is 17.1. The fourth-order valence-corrected chi connectivity index (χ4v) is 3.49. The number of aromatic nitrogens is 1. The van der Waals surface area contributed by atoms with Gasteiger partial charge in [-0.3, -0.25) is 0 Å². The summed E-state index contributed by atoms with van der Waals surface area (Å²) in [5.41, 5.74) is 0.975. The van der Waals surface area contributed by atoms with Gasteiger partial charge < -0.3 is 20.1 Å². The summed E-state index contributed by atoms with van der Waals surface area (Å²) in [7, 11) is 0. The quantitative estimate of drug-likeness (QED) is 0.719. The van der Waals surface area contributed by atoms with Crippen LogP contribution in [0.1, 0.15) is 24.3 Å². The molecule has 7 heteroatoms. The molecule has 1 saturated heterocycles. The van der Waals surface area contributed by atoms with Crippen molar-refractivity contribution < 1.29 is 14.3 Å². The van der Waals surface area contributed by atoms with E-state index in [2.05, 4.69) is 15.6 Å². The number of fused-ring (bicyclic) bond motifs is 1. The number of urea groups is 1. The lowest BCUT2D eigenvalue weighted by Gasteiger charge is -2.10. The van der Waals surface area contributed by atoms with Gasteiger partial charge in [-0.15, -0.1) is 11.3 Å². The average Bonchev–Trinajstić information content (AvgIpc) is 3.25. The zero-order valence-electron chi connectivity index (χ0n) is 13.6. The van der Waals surface area contributed by atoms with Gasteiger partial charge in [0.05, 0.1) is 29.5 Å². The van der Waals surface area contributed by atoms with Crippen LogP contribution in [-0.2, 0) is 16.0 Å². The molecule has 3 rings (SSSR count). The molecule has 6 nitrogen and oxygen atoms in total. The molecule has 1 aromatic heterocycles. The van der Waals surface area contributed by atoms with Gasteiger partial charge >= 0.3 is 6.03 Å². The number of ether oxygens (including phenoxy) is 2. The van der Waals surface area contributed by atoms with Crippen molar-refractivity contribution in [2.75, 3.05) is 26.4 Å². The molecule has 2 heterocycles. The van der Waals surface area contributed by atoms with Crippen LogP contribution >= 0.6 is 11.3 Å². The highest BCUT2D eigenvalue weighted by Crippen LogP contribution is 2.21. The van der Waals surface area contributed by atoms with E-state index in [1.807, 2.05) is 24.3 Å². The van der Waals surface area contributed by atoms with Gasteiger partial charge in [0.25, 0.3) is 0 Å². The maximum absolute atomic E-state index is 11.8. The van der Waals surface area contributed by atoms with Gasteiger partial charge in [0.1, 0.15) is 5.01 Å². The number of amides is 2. The van der Waals surface area contributed by atoms with Crippen LogP contribution in [-0.4, -0.2) is 43.5 Å². The Morgan fingerprint density at radius 2 is 2.29 bits per heavy atom. The van der Waals surface area contributed by atoms with Crippen LogP contribution in [0.4, 0.5) is 4.79 Å². The Morgan fingerprint density at radius 3 is 3.12 bits per heavy atom. The Hall–Kier alpha value is -1.70. The van der Waals surface area contributed by atoms with Gasteiger partial charge in [0.15, 0.2) is 0 Å². The predicted molar refractivity (Wildman–Crippen MR) is 94.3 cm³/mol. The Morgan fingerprint density at radius 1 is 1.38 bits per heavy atom. The van der Waals surface area contributed by atoms with E-state index in [4.69, 9.17) is 9.47 Å². The summed E-state index contributed by atoms with van der Waals surface area (Å²) in [5.74, 6) is 0. The summed E-state index contributed by atoms with van der Waals surface area (Å²) in [6.07, 6.45) is 3.27. The number of benzene rings is 1. The highest BCUT2D eigenvalue weighted by atomic mass is 32.1. The minimum atomic E-state index is -0.173. The second kappa shape index (κ2) is 8.96. The molecule has 1 fully saturated rings. The van der Waals surface area contributed by atoms with Gasteiger partial charge in [-0.25, -0.2) is 9.78 Å². The first-order valence-corrected chi connectivity index (χ1v) is 9.18. The molecule has 1 atom stereocenters. The summed E-state index contributed by atoms with van der Waals surface area (Å²) in [5, 5.41) is 6.57. The van der Waals surface area contributed by atoms with Crippen LogP contribution < -0.4 is 10.6 Å². The molecule has 1 aliphatic rings. The molecular weight excluding hydrogens is 326 g/mol. The minimum Gasteiger partial charge on any atom is -0.379 e. The van der Waals surface area contributed by atoms with Crippen molar-refractivity contribution in [3.05, 3.63) is 29.3 Å². The van der Waals surface area contributed by atoms with Crippen molar-refractivity contribution in [1.29, 1.82) is 0 Å². The van der Waals surface area contributed by atoms with Crippen LogP contribution in [0.3, 0.4) is 0 Å². The predicted octanol–water partition coefficient (Wildman–Crippen LogP) is 2.68. The second-order valence-corrected chi connectivity index (χ2v) is 6.86.